The van der Waals surface area contributed by atoms with Crippen LogP contribution in [0.3, 0.4) is 0 Å². The fourth-order valence-electron chi connectivity index (χ4n) is 2.35. The largest absolute Gasteiger partial charge is 0.396 e. The molecule has 0 aromatic heterocycles. The highest BCUT2D eigenvalue weighted by Gasteiger charge is 2.26. The van der Waals surface area contributed by atoms with Gasteiger partial charge in [0.1, 0.15) is 5.82 Å². The van der Waals surface area contributed by atoms with Crippen molar-refractivity contribution in [1.29, 1.82) is 0 Å². The zero-order valence-corrected chi connectivity index (χ0v) is 11.4. The van der Waals surface area contributed by atoms with Crippen molar-refractivity contribution in [3.63, 3.8) is 0 Å². The lowest BCUT2D eigenvalue weighted by Crippen LogP contribution is -2.24. The van der Waals surface area contributed by atoms with Gasteiger partial charge in [0.05, 0.1) is 11.4 Å². The Balaban J connectivity index is 2.75. The lowest BCUT2D eigenvalue weighted by Gasteiger charge is -2.30. The fourth-order valence-corrected chi connectivity index (χ4v) is 2.35. The van der Waals surface area contributed by atoms with E-state index < -0.39 is 5.82 Å². The summed E-state index contributed by atoms with van der Waals surface area (Å²) in [7, 11) is 0. The van der Waals surface area contributed by atoms with Crippen molar-refractivity contribution < 1.29 is 9.18 Å². The molecule has 1 aliphatic rings. The smallest absolute Gasteiger partial charge is 0.161 e. The molecule has 1 aromatic carbocycles. The Morgan fingerprint density at radius 1 is 1.53 bits per heavy atom. The van der Waals surface area contributed by atoms with Crippen LogP contribution < -0.4 is 10.6 Å². The second-order valence-corrected chi connectivity index (χ2v) is 4.68. The number of allylic oxidation sites excluding steroid dienone is 2. The van der Waals surface area contributed by atoms with E-state index in [-0.39, 0.29) is 11.5 Å². The molecule has 1 aliphatic heterocycles. The van der Waals surface area contributed by atoms with Crippen LogP contribution in [0.5, 0.6) is 0 Å². The third-order valence-corrected chi connectivity index (χ3v) is 3.40. The molecule has 2 N–H and O–H groups in total. The van der Waals surface area contributed by atoms with Crippen LogP contribution in [-0.2, 0) is 4.79 Å². The molecule has 0 amide bonds. The third-order valence-electron chi connectivity index (χ3n) is 3.40. The number of nitrogens with zero attached hydrogens (tertiary/aromatic N) is 1. The van der Waals surface area contributed by atoms with E-state index in [0.29, 0.717) is 28.8 Å². The number of fused-ring (bicyclic) bond motifs is 1. The lowest BCUT2D eigenvalue weighted by molar-refractivity contribution is -0.113. The number of halogens is 1. The summed E-state index contributed by atoms with van der Waals surface area (Å²) in [6, 6.07) is 1.74. The first-order valence-electron chi connectivity index (χ1n) is 6.16. The maximum absolute atomic E-state index is 14.0. The first kappa shape index (κ1) is 13.3. The van der Waals surface area contributed by atoms with Crippen LogP contribution in [0.15, 0.2) is 24.4 Å². The van der Waals surface area contributed by atoms with Gasteiger partial charge in [-0.2, -0.15) is 0 Å². The number of rotatable bonds is 2. The normalized spacial score (nSPS) is 14.2. The van der Waals surface area contributed by atoms with E-state index >= 15 is 0 Å². The summed E-state index contributed by atoms with van der Waals surface area (Å²) in [5, 5.41) is 0. The van der Waals surface area contributed by atoms with Crippen LogP contribution in [0.4, 0.5) is 15.8 Å². The van der Waals surface area contributed by atoms with Gasteiger partial charge in [-0.05, 0) is 38.0 Å². The third kappa shape index (κ3) is 1.93. The minimum Gasteiger partial charge on any atom is -0.396 e. The quantitative estimate of drug-likeness (QED) is 0.831. The second kappa shape index (κ2) is 4.53. The molecule has 100 valence electrons. The SMILES string of the molecule is C=C1C(C(C)=O)=CN(CC)c2cc(C)c(F)c(N)c21. The topological polar surface area (TPSA) is 46.3 Å². The number of Topliss-reactive ketones (excluding diaryl/α,β-unsaturated/α-hetero) is 1. The average molecular weight is 260 g/mol. The number of nitrogen functional groups attached to an aromatic ring is 1. The average Bonchev–Trinajstić information content (AvgIpc) is 2.35. The molecule has 0 spiro atoms. The van der Waals surface area contributed by atoms with Gasteiger partial charge in [-0.1, -0.05) is 6.58 Å². The standard InChI is InChI=1S/C15H17FN2O/c1-5-18-7-11(10(4)19)9(3)13-12(18)6-8(2)14(16)15(13)17/h6-7H,3,5,17H2,1-2,4H3. The van der Waals surface area contributed by atoms with E-state index in [0.717, 1.165) is 5.69 Å². The van der Waals surface area contributed by atoms with E-state index in [4.69, 9.17) is 5.73 Å². The van der Waals surface area contributed by atoms with Crippen molar-refractivity contribution in [2.75, 3.05) is 17.2 Å². The molecule has 0 saturated carbocycles. The molecule has 19 heavy (non-hydrogen) atoms. The molecule has 0 fully saturated rings. The summed E-state index contributed by atoms with van der Waals surface area (Å²) in [6.45, 7) is 9.67. The maximum atomic E-state index is 14.0. The number of aryl methyl sites for hydroxylation is 1. The van der Waals surface area contributed by atoms with Gasteiger partial charge in [-0.15, -0.1) is 0 Å². The Morgan fingerprint density at radius 3 is 2.68 bits per heavy atom. The monoisotopic (exact) mass is 260 g/mol. The number of carbonyl (C=O) groups is 1. The van der Waals surface area contributed by atoms with Crippen LogP contribution in [0.2, 0.25) is 0 Å². The number of ketones is 1. The first-order chi connectivity index (χ1) is 8.88. The summed E-state index contributed by atoms with van der Waals surface area (Å²) in [4.78, 5) is 13.5. The van der Waals surface area contributed by atoms with Gasteiger partial charge in [0.25, 0.3) is 0 Å². The molecule has 3 nitrogen and oxygen atoms in total. The molecule has 0 saturated heterocycles. The van der Waals surface area contributed by atoms with Crippen LogP contribution in [-0.4, -0.2) is 12.3 Å². The number of anilines is 2. The number of carbonyl (C=O) groups excluding carboxylic acids is 1. The van der Waals surface area contributed by atoms with Crippen LogP contribution in [0.25, 0.3) is 5.57 Å². The molecule has 0 unspecified atom stereocenters. The highest BCUT2D eigenvalue weighted by atomic mass is 19.1. The van der Waals surface area contributed by atoms with Crippen molar-refractivity contribution in [1.82, 2.24) is 0 Å². The number of hydrogen-bond donors (Lipinski definition) is 1. The van der Waals surface area contributed by atoms with Crippen LogP contribution in [0.1, 0.15) is 25.0 Å². The fraction of sp³-hybridized carbons (Fsp3) is 0.267. The predicted octanol–water partition coefficient (Wildman–Crippen LogP) is 3.04. The minimum atomic E-state index is -0.444. The zero-order valence-electron chi connectivity index (χ0n) is 11.4. The maximum Gasteiger partial charge on any atom is 0.161 e. The molecule has 0 aliphatic carbocycles. The Labute approximate surface area is 112 Å². The summed E-state index contributed by atoms with van der Waals surface area (Å²) in [5.74, 6) is -0.546. The van der Waals surface area contributed by atoms with Crippen molar-refractivity contribution >= 4 is 22.7 Å². The minimum absolute atomic E-state index is 0.0605. The van der Waals surface area contributed by atoms with Crippen LogP contribution in [0, 0.1) is 12.7 Å². The summed E-state index contributed by atoms with van der Waals surface area (Å²) in [5.41, 5.74) is 8.71. The first-order valence-corrected chi connectivity index (χ1v) is 6.16. The zero-order chi connectivity index (χ0) is 14.3. The number of benzene rings is 1. The van der Waals surface area contributed by atoms with Gasteiger partial charge in [-0.25, -0.2) is 4.39 Å². The van der Waals surface area contributed by atoms with E-state index in [1.54, 1.807) is 19.2 Å². The summed E-state index contributed by atoms with van der Waals surface area (Å²) >= 11 is 0. The molecule has 0 atom stereocenters. The highest BCUT2D eigenvalue weighted by molar-refractivity contribution is 6.13. The lowest BCUT2D eigenvalue weighted by atomic mass is 9.90. The van der Waals surface area contributed by atoms with Gasteiger partial charge in [0.15, 0.2) is 5.78 Å². The van der Waals surface area contributed by atoms with E-state index in [9.17, 15) is 9.18 Å². The van der Waals surface area contributed by atoms with E-state index in [1.165, 1.54) is 6.92 Å². The van der Waals surface area contributed by atoms with Gasteiger partial charge in [-0.3, -0.25) is 4.79 Å². The van der Waals surface area contributed by atoms with Gasteiger partial charge in [0.2, 0.25) is 0 Å². The van der Waals surface area contributed by atoms with Gasteiger partial charge < -0.3 is 10.6 Å². The second-order valence-electron chi connectivity index (χ2n) is 4.68. The Morgan fingerprint density at radius 2 is 2.16 bits per heavy atom. The van der Waals surface area contributed by atoms with Crippen molar-refractivity contribution in [2.45, 2.75) is 20.8 Å². The van der Waals surface area contributed by atoms with Gasteiger partial charge in [0, 0.05) is 23.9 Å². The molecular formula is C15H17FN2O. The van der Waals surface area contributed by atoms with Crippen molar-refractivity contribution in [3.8, 4) is 0 Å². The Bertz CT molecular complexity index is 617. The predicted molar refractivity (Wildman–Crippen MR) is 76.4 cm³/mol. The Kier molecular flexibility index (Phi) is 3.18. The molecule has 1 aromatic rings. The van der Waals surface area contributed by atoms with Gasteiger partial charge >= 0.3 is 0 Å². The number of nitrogens with two attached hydrogens (primary N) is 1. The van der Waals surface area contributed by atoms with Crippen molar-refractivity contribution in [2.24, 2.45) is 0 Å². The summed E-state index contributed by atoms with van der Waals surface area (Å²) < 4.78 is 14.0. The van der Waals surface area contributed by atoms with E-state index in [1.807, 2.05) is 11.8 Å². The highest BCUT2D eigenvalue weighted by Crippen LogP contribution is 2.41. The molecule has 1 heterocycles. The number of hydrogen-bond acceptors (Lipinski definition) is 3. The Hall–Kier alpha value is -2.10. The molecular weight excluding hydrogens is 243 g/mol. The molecule has 0 radical (unpaired) electrons. The van der Waals surface area contributed by atoms with Crippen molar-refractivity contribution in [3.05, 3.63) is 41.4 Å². The summed E-state index contributed by atoms with van der Waals surface area (Å²) in [6.07, 6.45) is 1.75. The van der Waals surface area contributed by atoms with Crippen LogP contribution >= 0.6 is 0 Å². The molecule has 2 rings (SSSR count). The van der Waals surface area contributed by atoms with E-state index in [2.05, 4.69) is 6.58 Å². The molecule has 0 bridgehead atoms. The molecule has 4 heteroatoms.